The van der Waals surface area contributed by atoms with Crippen molar-refractivity contribution in [3.8, 4) is 5.88 Å². The summed E-state index contributed by atoms with van der Waals surface area (Å²) in [6, 6.07) is 0. The van der Waals surface area contributed by atoms with Gasteiger partial charge in [0.25, 0.3) is 0 Å². The highest BCUT2D eigenvalue weighted by molar-refractivity contribution is 5.33. The molecule has 0 aliphatic carbocycles. The fraction of sp³-hybridized carbons (Fsp3) is 0.727. The second-order valence-electron chi connectivity index (χ2n) is 5.26. The average molecular weight is 304 g/mol. The zero-order chi connectivity index (χ0) is 15.9. The molecule has 116 valence electrons. The summed E-state index contributed by atoms with van der Waals surface area (Å²) in [5, 5.41) is 3.35. The highest BCUT2D eigenvalue weighted by atomic mass is 19.4. The van der Waals surface area contributed by atoms with Crippen molar-refractivity contribution in [1.29, 1.82) is 0 Å². The van der Waals surface area contributed by atoms with Gasteiger partial charge in [-0.15, -0.1) is 0 Å². The summed E-state index contributed by atoms with van der Waals surface area (Å²) in [5.41, 5.74) is -2.66. The van der Waals surface area contributed by atoms with Gasteiger partial charge in [-0.25, -0.2) is 4.68 Å². The summed E-state index contributed by atoms with van der Waals surface area (Å²) in [6.45, 7) is 3.90. The summed E-state index contributed by atoms with van der Waals surface area (Å²) in [5.74, 6) is -0.526. The largest absolute Gasteiger partial charge is 0.468 e. The van der Waals surface area contributed by atoms with Crippen molar-refractivity contribution in [2.24, 2.45) is 0 Å². The molecule has 0 aliphatic heterocycles. The summed E-state index contributed by atoms with van der Waals surface area (Å²) < 4.78 is 80.1. The molecule has 0 unspecified atom stereocenters. The van der Waals surface area contributed by atoms with E-state index in [1.807, 2.05) is 0 Å². The number of hydrogen-bond acceptors (Lipinski definition) is 2. The van der Waals surface area contributed by atoms with Crippen molar-refractivity contribution >= 4 is 0 Å². The Hall–Kier alpha value is -1.41. The minimum atomic E-state index is -4.75. The molecule has 0 aromatic carbocycles. The van der Waals surface area contributed by atoms with Gasteiger partial charge in [0.15, 0.2) is 12.3 Å². The van der Waals surface area contributed by atoms with Crippen molar-refractivity contribution in [1.82, 2.24) is 9.78 Å². The average Bonchev–Trinajstić information content (AvgIpc) is 2.50. The number of aromatic nitrogens is 2. The minimum absolute atomic E-state index is 0.461. The molecule has 3 nitrogen and oxygen atoms in total. The highest BCUT2D eigenvalue weighted by Crippen LogP contribution is 2.37. The monoisotopic (exact) mass is 304 g/mol. The molecule has 0 bridgehead atoms. The number of ether oxygens (including phenoxy) is 1. The van der Waals surface area contributed by atoms with E-state index in [9.17, 15) is 26.3 Å². The first-order chi connectivity index (χ1) is 8.73. The molecule has 0 saturated carbocycles. The maximum absolute atomic E-state index is 12.8. The first-order valence-electron chi connectivity index (χ1n) is 5.60. The lowest BCUT2D eigenvalue weighted by Gasteiger charge is -2.22. The third-order valence-corrected chi connectivity index (χ3v) is 2.34. The molecule has 1 rings (SSSR count). The van der Waals surface area contributed by atoms with Crippen molar-refractivity contribution in [3.63, 3.8) is 0 Å². The lowest BCUT2D eigenvalue weighted by atomic mass is 10.1. The van der Waals surface area contributed by atoms with Crippen molar-refractivity contribution in [2.75, 3.05) is 6.61 Å². The molecule has 0 amide bonds. The van der Waals surface area contributed by atoms with Gasteiger partial charge in [-0.3, -0.25) is 0 Å². The van der Waals surface area contributed by atoms with Crippen LogP contribution in [0.25, 0.3) is 0 Å². The first-order valence-corrected chi connectivity index (χ1v) is 5.60. The molecule has 0 atom stereocenters. The Morgan fingerprint density at radius 3 is 1.90 bits per heavy atom. The molecule has 0 fully saturated rings. The number of hydrogen-bond donors (Lipinski definition) is 0. The predicted octanol–water partition coefficient (Wildman–Crippen LogP) is 3.91. The van der Waals surface area contributed by atoms with Crippen LogP contribution in [0.2, 0.25) is 0 Å². The molecule has 0 saturated heterocycles. The van der Waals surface area contributed by atoms with Gasteiger partial charge >= 0.3 is 12.4 Å². The van der Waals surface area contributed by atoms with E-state index in [-0.39, 0.29) is 0 Å². The fourth-order valence-electron chi connectivity index (χ4n) is 1.52. The van der Waals surface area contributed by atoms with Gasteiger partial charge < -0.3 is 4.74 Å². The SMILES string of the molecule is Cc1c(C(F)(F)F)nn(C(C)(C)C)c1OCC(F)(F)F. The van der Waals surface area contributed by atoms with E-state index < -0.39 is 41.6 Å². The predicted molar refractivity (Wildman–Crippen MR) is 58.5 cm³/mol. The van der Waals surface area contributed by atoms with Crippen LogP contribution >= 0.6 is 0 Å². The standard InChI is InChI=1S/C11H14F6N2O/c1-6-7(11(15,16)17)18-19(9(2,3)4)8(6)20-5-10(12,13)14/h5H2,1-4H3. The smallest absolute Gasteiger partial charge is 0.435 e. The fourth-order valence-corrected chi connectivity index (χ4v) is 1.52. The van der Waals surface area contributed by atoms with E-state index in [4.69, 9.17) is 0 Å². The molecule has 1 aromatic heterocycles. The van der Waals surface area contributed by atoms with Crippen LogP contribution in [0.1, 0.15) is 32.0 Å². The highest BCUT2D eigenvalue weighted by Gasteiger charge is 2.40. The minimum Gasteiger partial charge on any atom is -0.468 e. The van der Waals surface area contributed by atoms with E-state index in [0.717, 1.165) is 11.6 Å². The van der Waals surface area contributed by atoms with E-state index in [1.54, 1.807) is 0 Å². The van der Waals surface area contributed by atoms with Crippen LogP contribution in [0.3, 0.4) is 0 Å². The lowest BCUT2D eigenvalue weighted by Crippen LogP contribution is -2.27. The number of rotatable bonds is 2. The van der Waals surface area contributed by atoms with Crippen molar-refractivity contribution < 1.29 is 31.1 Å². The van der Waals surface area contributed by atoms with E-state index in [0.29, 0.717) is 0 Å². The number of nitrogens with zero attached hydrogens (tertiary/aromatic N) is 2. The molecule has 9 heteroatoms. The third kappa shape index (κ3) is 3.80. The maximum atomic E-state index is 12.8. The Balaban J connectivity index is 3.29. The van der Waals surface area contributed by atoms with Crippen molar-refractivity contribution in [3.05, 3.63) is 11.3 Å². The molecule has 20 heavy (non-hydrogen) atoms. The maximum Gasteiger partial charge on any atom is 0.435 e. The Bertz CT molecular complexity index is 481. The normalized spacial score (nSPS) is 13.7. The molecule has 1 aromatic rings. The molecule has 0 radical (unpaired) electrons. The summed E-state index contributed by atoms with van der Waals surface area (Å²) in [4.78, 5) is 0. The summed E-state index contributed by atoms with van der Waals surface area (Å²) in [6.07, 6.45) is -9.39. The Kier molecular flexibility index (Phi) is 4.04. The molecule has 1 heterocycles. The van der Waals surface area contributed by atoms with Gasteiger partial charge in [0.05, 0.1) is 5.54 Å². The summed E-state index contributed by atoms with van der Waals surface area (Å²) >= 11 is 0. The second kappa shape index (κ2) is 4.85. The van der Waals surface area contributed by atoms with Crippen LogP contribution in [0, 0.1) is 6.92 Å². The van der Waals surface area contributed by atoms with Gasteiger partial charge in [0.1, 0.15) is 0 Å². The molecule has 0 spiro atoms. The van der Waals surface area contributed by atoms with Crippen LogP contribution in [0.15, 0.2) is 0 Å². The topological polar surface area (TPSA) is 27.1 Å². The molecular weight excluding hydrogens is 290 g/mol. The van der Waals surface area contributed by atoms with Crippen LogP contribution in [0.4, 0.5) is 26.3 Å². The molecular formula is C11H14F6N2O. The van der Waals surface area contributed by atoms with E-state index in [2.05, 4.69) is 9.84 Å². The lowest BCUT2D eigenvalue weighted by molar-refractivity contribution is -0.155. The number of halogens is 6. The second-order valence-corrected chi connectivity index (χ2v) is 5.26. The van der Waals surface area contributed by atoms with E-state index in [1.165, 1.54) is 20.8 Å². The molecule has 0 N–H and O–H groups in total. The first kappa shape index (κ1) is 16.6. The van der Waals surface area contributed by atoms with Crippen LogP contribution in [-0.4, -0.2) is 22.6 Å². The van der Waals surface area contributed by atoms with E-state index >= 15 is 0 Å². The van der Waals surface area contributed by atoms with Gasteiger partial charge in [-0.1, -0.05) is 0 Å². The van der Waals surface area contributed by atoms with Crippen LogP contribution < -0.4 is 4.74 Å². The Morgan fingerprint density at radius 1 is 1.05 bits per heavy atom. The Morgan fingerprint density at radius 2 is 1.55 bits per heavy atom. The Labute approximate surface area is 111 Å². The zero-order valence-corrected chi connectivity index (χ0v) is 11.3. The van der Waals surface area contributed by atoms with Gasteiger partial charge in [0.2, 0.25) is 5.88 Å². The zero-order valence-electron chi connectivity index (χ0n) is 11.3. The third-order valence-electron chi connectivity index (χ3n) is 2.34. The van der Waals surface area contributed by atoms with Gasteiger partial charge in [-0.05, 0) is 27.7 Å². The van der Waals surface area contributed by atoms with Crippen LogP contribution in [-0.2, 0) is 11.7 Å². The molecule has 0 aliphatic rings. The van der Waals surface area contributed by atoms with Gasteiger partial charge in [0, 0.05) is 5.56 Å². The quantitative estimate of drug-likeness (QED) is 0.775. The van der Waals surface area contributed by atoms with Gasteiger partial charge in [-0.2, -0.15) is 31.4 Å². The number of alkyl halides is 6. The summed E-state index contributed by atoms with van der Waals surface area (Å²) in [7, 11) is 0. The van der Waals surface area contributed by atoms with Crippen molar-refractivity contribution in [2.45, 2.75) is 45.6 Å². The van der Waals surface area contributed by atoms with Crippen LogP contribution in [0.5, 0.6) is 5.88 Å².